The van der Waals surface area contributed by atoms with Gasteiger partial charge in [0.2, 0.25) is 5.91 Å². The van der Waals surface area contributed by atoms with E-state index < -0.39 is 0 Å². The number of thiazole rings is 1. The van der Waals surface area contributed by atoms with Crippen LogP contribution in [0.5, 0.6) is 5.88 Å². The van der Waals surface area contributed by atoms with Gasteiger partial charge in [-0.2, -0.15) is 0 Å². The number of carbonyl (C=O) groups excluding carboxylic acids is 1. The fourth-order valence-electron chi connectivity index (χ4n) is 3.70. The summed E-state index contributed by atoms with van der Waals surface area (Å²) >= 11 is 1.72. The first-order valence-electron chi connectivity index (χ1n) is 9.44. The van der Waals surface area contributed by atoms with Gasteiger partial charge in [-0.15, -0.1) is 11.3 Å². The van der Waals surface area contributed by atoms with E-state index in [9.17, 15) is 4.79 Å². The highest BCUT2D eigenvalue weighted by Gasteiger charge is 2.28. The number of rotatable bonds is 6. The van der Waals surface area contributed by atoms with E-state index >= 15 is 0 Å². The highest BCUT2D eigenvalue weighted by atomic mass is 32.1. The van der Waals surface area contributed by atoms with Crippen molar-refractivity contribution in [3.05, 3.63) is 34.9 Å². The van der Waals surface area contributed by atoms with E-state index in [4.69, 9.17) is 14.2 Å². The van der Waals surface area contributed by atoms with Crippen LogP contribution in [0.4, 0.5) is 0 Å². The molecule has 27 heavy (non-hydrogen) atoms. The first kappa shape index (κ1) is 18.0. The Morgan fingerprint density at radius 2 is 2.37 bits per heavy atom. The number of aryl methyl sites for hydroxylation is 2. The Morgan fingerprint density at radius 1 is 1.48 bits per heavy atom. The van der Waals surface area contributed by atoms with E-state index in [0.29, 0.717) is 37.0 Å². The Bertz CT molecular complexity index is 929. The second-order valence-electron chi connectivity index (χ2n) is 6.87. The second kappa shape index (κ2) is 7.72. The van der Waals surface area contributed by atoms with Crippen LogP contribution < -0.4 is 4.74 Å². The van der Waals surface area contributed by atoms with Crippen molar-refractivity contribution in [3.8, 4) is 5.88 Å². The molecule has 1 aliphatic rings. The van der Waals surface area contributed by atoms with Gasteiger partial charge in [-0.05, 0) is 31.8 Å². The molecule has 7 nitrogen and oxygen atoms in total. The highest BCUT2D eigenvalue weighted by Crippen LogP contribution is 2.32. The summed E-state index contributed by atoms with van der Waals surface area (Å²) in [5, 5.41) is 5.93. The molecule has 0 N–H and O–H groups in total. The zero-order valence-electron chi connectivity index (χ0n) is 15.7. The average Bonchev–Trinajstić information content (AvgIpc) is 3.39. The first-order chi connectivity index (χ1) is 13.2. The summed E-state index contributed by atoms with van der Waals surface area (Å²) in [7, 11) is 0. The maximum Gasteiger partial charge on any atom is 0.254 e. The predicted molar refractivity (Wildman–Crippen MR) is 102 cm³/mol. The predicted octanol–water partition coefficient (Wildman–Crippen LogP) is 3.43. The Labute approximate surface area is 161 Å². The Hall–Kier alpha value is -2.35. The number of fused-ring (bicyclic) bond motifs is 1. The number of aromatic nitrogens is 3. The van der Waals surface area contributed by atoms with Gasteiger partial charge in [-0.25, -0.2) is 4.98 Å². The minimum atomic E-state index is 0.160. The Kier molecular flexibility index (Phi) is 5.15. The van der Waals surface area contributed by atoms with Crippen molar-refractivity contribution in [2.24, 2.45) is 0 Å². The third kappa shape index (κ3) is 3.71. The van der Waals surface area contributed by atoms with Crippen molar-refractivity contribution in [3.63, 3.8) is 0 Å². The summed E-state index contributed by atoms with van der Waals surface area (Å²) < 4.78 is 12.7. The zero-order valence-corrected chi connectivity index (χ0v) is 16.5. The van der Waals surface area contributed by atoms with Crippen molar-refractivity contribution in [1.29, 1.82) is 0 Å². The molecule has 0 spiro atoms. The van der Waals surface area contributed by atoms with Gasteiger partial charge in [-0.1, -0.05) is 0 Å². The van der Waals surface area contributed by atoms with E-state index in [0.717, 1.165) is 37.4 Å². The lowest BCUT2D eigenvalue weighted by Gasteiger charge is -2.32. The molecule has 4 rings (SSSR count). The van der Waals surface area contributed by atoms with E-state index in [1.807, 2.05) is 18.7 Å². The normalized spacial score (nSPS) is 17.6. The fraction of sp³-hybridized carbons (Fsp3) is 0.526. The molecule has 0 radical (unpaired) electrons. The molecule has 1 aliphatic heterocycles. The van der Waals surface area contributed by atoms with Crippen molar-refractivity contribution >= 4 is 22.1 Å². The monoisotopic (exact) mass is 388 g/mol. The molecular weight excluding hydrogens is 364 g/mol. The molecule has 8 heteroatoms. The molecule has 0 aliphatic carbocycles. The number of nitrogens with zero attached hydrogens (tertiary/aromatic N) is 4. The smallest absolute Gasteiger partial charge is 0.254 e. The van der Waals surface area contributed by atoms with Crippen molar-refractivity contribution in [2.45, 2.75) is 45.4 Å². The molecule has 0 aromatic carbocycles. The number of imidazole rings is 1. The largest absolute Gasteiger partial charge is 0.476 e. The van der Waals surface area contributed by atoms with Crippen LogP contribution in [0.2, 0.25) is 0 Å². The quantitative estimate of drug-likeness (QED) is 0.647. The number of ether oxygens (including phenoxy) is 1. The minimum absolute atomic E-state index is 0.160. The van der Waals surface area contributed by atoms with Crippen LogP contribution in [0.1, 0.15) is 49.4 Å². The van der Waals surface area contributed by atoms with Gasteiger partial charge >= 0.3 is 0 Å². The molecule has 3 aromatic rings. The zero-order chi connectivity index (χ0) is 18.8. The van der Waals surface area contributed by atoms with Gasteiger partial charge in [-0.3, -0.25) is 9.20 Å². The molecule has 0 bridgehead atoms. The topological polar surface area (TPSA) is 72.9 Å². The first-order valence-corrected chi connectivity index (χ1v) is 10.3. The number of hydrogen-bond donors (Lipinski definition) is 0. The van der Waals surface area contributed by atoms with Crippen LogP contribution in [0.3, 0.4) is 0 Å². The van der Waals surface area contributed by atoms with Gasteiger partial charge in [0.1, 0.15) is 16.4 Å². The van der Waals surface area contributed by atoms with E-state index in [1.165, 1.54) is 4.83 Å². The number of carbonyl (C=O) groups is 1. The lowest BCUT2D eigenvalue weighted by Crippen LogP contribution is -2.39. The van der Waals surface area contributed by atoms with Gasteiger partial charge < -0.3 is 14.2 Å². The van der Waals surface area contributed by atoms with Gasteiger partial charge in [0, 0.05) is 49.5 Å². The van der Waals surface area contributed by atoms with Crippen LogP contribution in [-0.2, 0) is 11.2 Å². The van der Waals surface area contributed by atoms with Crippen molar-refractivity contribution in [2.75, 3.05) is 19.7 Å². The van der Waals surface area contributed by atoms with Crippen LogP contribution in [-0.4, -0.2) is 45.0 Å². The lowest BCUT2D eigenvalue weighted by atomic mass is 9.95. The maximum atomic E-state index is 12.7. The Balaban J connectivity index is 1.38. The molecule has 4 heterocycles. The van der Waals surface area contributed by atoms with Gasteiger partial charge in [0.05, 0.1) is 12.3 Å². The van der Waals surface area contributed by atoms with E-state index in [2.05, 4.69) is 21.1 Å². The number of piperidine rings is 1. The molecule has 1 amide bonds. The summed E-state index contributed by atoms with van der Waals surface area (Å²) in [4.78, 5) is 20.7. The number of amides is 1. The van der Waals surface area contributed by atoms with Crippen LogP contribution in [0, 0.1) is 6.92 Å². The SMILES string of the molecule is CCOc1cc(CCC(=O)N2CCCC(c3nc(C)n4ccsc34)C2)on1. The van der Waals surface area contributed by atoms with Gasteiger partial charge in [0.25, 0.3) is 5.88 Å². The summed E-state index contributed by atoms with van der Waals surface area (Å²) in [5.41, 5.74) is 1.14. The van der Waals surface area contributed by atoms with Crippen LogP contribution >= 0.6 is 11.3 Å². The van der Waals surface area contributed by atoms with Gasteiger partial charge in [0.15, 0.2) is 0 Å². The third-order valence-electron chi connectivity index (χ3n) is 5.03. The summed E-state index contributed by atoms with van der Waals surface area (Å²) in [6.07, 6.45) is 5.11. The number of hydrogen-bond acceptors (Lipinski definition) is 6. The molecule has 144 valence electrons. The second-order valence-corrected chi connectivity index (χ2v) is 7.76. The Morgan fingerprint density at radius 3 is 3.22 bits per heavy atom. The van der Waals surface area contributed by atoms with Crippen molar-refractivity contribution in [1.82, 2.24) is 19.4 Å². The standard InChI is InChI=1S/C19H24N4O3S/c1-3-25-16-11-15(26-21-16)6-7-17(24)22-8-4-5-14(12-22)18-19-23(9-10-27-19)13(2)20-18/h9-11,14H,3-8,12H2,1-2H3. The van der Waals surface area contributed by atoms with E-state index in [-0.39, 0.29) is 5.91 Å². The maximum absolute atomic E-state index is 12.7. The lowest BCUT2D eigenvalue weighted by molar-refractivity contribution is -0.132. The number of likely N-dealkylation sites (tertiary alicyclic amines) is 1. The minimum Gasteiger partial charge on any atom is -0.476 e. The summed E-state index contributed by atoms with van der Waals surface area (Å²) in [5.74, 6) is 2.64. The molecule has 1 atom stereocenters. The molecular formula is C19H24N4O3S. The molecule has 3 aromatic heterocycles. The van der Waals surface area contributed by atoms with Crippen LogP contribution in [0.15, 0.2) is 22.2 Å². The van der Waals surface area contributed by atoms with Crippen molar-refractivity contribution < 1.29 is 14.1 Å². The summed E-state index contributed by atoms with van der Waals surface area (Å²) in [6.45, 7) is 6.03. The molecule has 1 fully saturated rings. The molecule has 0 saturated carbocycles. The third-order valence-corrected chi connectivity index (χ3v) is 5.92. The summed E-state index contributed by atoms with van der Waals surface area (Å²) in [6, 6.07) is 1.76. The fourth-order valence-corrected chi connectivity index (χ4v) is 4.65. The van der Waals surface area contributed by atoms with E-state index in [1.54, 1.807) is 17.4 Å². The highest BCUT2D eigenvalue weighted by molar-refractivity contribution is 7.15. The average molecular weight is 388 g/mol. The molecule has 1 saturated heterocycles. The van der Waals surface area contributed by atoms with Crippen LogP contribution in [0.25, 0.3) is 4.83 Å². The molecule has 1 unspecified atom stereocenters.